The number of carbonyl (C=O) groups excluding carboxylic acids is 1. The van der Waals surface area contributed by atoms with E-state index in [2.05, 4.69) is 32.4 Å². The van der Waals surface area contributed by atoms with Crippen LogP contribution in [-0.4, -0.2) is 66.6 Å². The maximum absolute atomic E-state index is 12.2. The second-order valence-corrected chi connectivity index (χ2v) is 11.4. The number of amides is 1. The lowest BCUT2D eigenvalue weighted by atomic mass is 10.1. The number of anilines is 3. The van der Waals surface area contributed by atoms with Gasteiger partial charge in [-0.3, -0.25) is 4.79 Å². The van der Waals surface area contributed by atoms with Crippen LogP contribution in [0.4, 0.5) is 17.3 Å². The predicted molar refractivity (Wildman–Crippen MR) is 152 cm³/mol. The lowest BCUT2D eigenvalue weighted by molar-refractivity contribution is 0.0958. The van der Waals surface area contributed by atoms with Gasteiger partial charge in [-0.1, -0.05) is 12.1 Å². The second-order valence-electron chi connectivity index (χ2n) is 9.35. The van der Waals surface area contributed by atoms with Crippen LogP contribution < -0.4 is 15.5 Å². The normalized spacial score (nSPS) is 15.3. The maximum atomic E-state index is 12.2. The molecule has 11 heteroatoms. The molecule has 2 aromatic carbocycles. The van der Waals surface area contributed by atoms with Crippen molar-refractivity contribution >= 4 is 33.3 Å². The minimum atomic E-state index is -3.10. The largest absolute Gasteiger partial charge is 0.372 e. The molecule has 2 N–H and O–H groups in total. The van der Waals surface area contributed by atoms with Crippen LogP contribution in [0.15, 0.2) is 60.8 Å². The van der Waals surface area contributed by atoms with Crippen molar-refractivity contribution in [2.24, 2.45) is 0 Å². The van der Waals surface area contributed by atoms with E-state index in [1.807, 2.05) is 49.4 Å². The third-order valence-electron chi connectivity index (χ3n) is 6.74. The highest BCUT2D eigenvalue weighted by atomic mass is 32.2. The third-order valence-corrected chi connectivity index (χ3v) is 8.80. The SMILES string of the molecule is CCN(CCC(C)N1CCCS1(=O)=O)c1ccc(Nc2nccc(-c3ccc(C(=O)NCC#N)cc3)n2)cc1. The van der Waals surface area contributed by atoms with Crippen LogP contribution in [0.5, 0.6) is 0 Å². The van der Waals surface area contributed by atoms with E-state index in [-0.39, 0.29) is 24.2 Å². The van der Waals surface area contributed by atoms with Crippen LogP contribution in [0.1, 0.15) is 37.0 Å². The minimum absolute atomic E-state index is 0.0196. The van der Waals surface area contributed by atoms with Crippen LogP contribution >= 0.6 is 0 Å². The summed E-state index contributed by atoms with van der Waals surface area (Å²) in [5.41, 5.74) is 3.92. The molecule has 1 aliphatic heterocycles. The molecular weight excluding hydrogens is 514 g/mol. The van der Waals surface area contributed by atoms with Gasteiger partial charge in [-0.2, -0.15) is 9.57 Å². The smallest absolute Gasteiger partial charge is 0.252 e. The van der Waals surface area contributed by atoms with Gasteiger partial charge in [0.2, 0.25) is 16.0 Å². The van der Waals surface area contributed by atoms with Gasteiger partial charge in [0.05, 0.1) is 17.5 Å². The zero-order valence-corrected chi connectivity index (χ0v) is 23.0. The van der Waals surface area contributed by atoms with Gasteiger partial charge < -0.3 is 15.5 Å². The summed E-state index contributed by atoms with van der Waals surface area (Å²) in [7, 11) is -3.10. The number of sulfonamides is 1. The first-order valence-corrected chi connectivity index (χ1v) is 14.6. The van der Waals surface area contributed by atoms with Crippen LogP contribution in [-0.2, 0) is 10.0 Å². The number of hydrogen-bond donors (Lipinski definition) is 2. The number of aromatic nitrogens is 2. The Bertz CT molecular complexity index is 1420. The third kappa shape index (κ3) is 7.10. The zero-order valence-electron chi connectivity index (χ0n) is 22.2. The minimum Gasteiger partial charge on any atom is -0.372 e. The Kier molecular flexibility index (Phi) is 9.11. The Balaban J connectivity index is 1.37. The summed E-state index contributed by atoms with van der Waals surface area (Å²) in [6.07, 6.45) is 3.15. The van der Waals surface area contributed by atoms with Gasteiger partial charge in [0.15, 0.2) is 0 Å². The number of benzene rings is 2. The molecule has 0 aliphatic carbocycles. The van der Waals surface area contributed by atoms with Gasteiger partial charge in [0.1, 0.15) is 6.54 Å². The van der Waals surface area contributed by atoms with Gasteiger partial charge in [-0.05, 0) is 69.2 Å². The monoisotopic (exact) mass is 547 g/mol. The van der Waals surface area contributed by atoms with Crippen LogP contribution in [0.25, 0.3) is 11.3 Å². The molecule has 1 amide bonds. The lowest BCUT2D eigenvalue weighted by Gasteiger charge is -2.28. The van der Waals surface area contributed by atoms with Gasteiger partial charge in [-0.15, -0.1) is 0 Å². The van der Waals surface area contributed by atoms with Crippen LogP contribution in [0.3, 0.4) is 0 Å². The van der Waals surface area contributed by atoms with Gasteiger partial charge in [0, 0.05) is 54.4 Å². The van der Waals surface area contributed by atoms with Crippen LogP contribution in [0.2, 0.25) is 0 Å². The van der Waals surface area contributed by atoms with Gasteiger partial charge in [-0.25, -0.2) is 18.4 Å². The molecule has 2 heterocycles. The van der Waals surface area contributed by atoms with E-state index < -0.39 is 10.0 Å². The van der Waals surface area contributed by atoms with Crippen molar-refractivity contribution in [2.75, 3.05) is 42.1 Å². The van der Waals surface area contributed by atoms with Crippen molar-refractivity contribution in [3.63, 3.8) is 0 Å². The fourth-order valence-electron chi connectivity index (χ4n) is 4.59. The lowest BCUT2D eigenvalue weighted by Crippen LogP contribution is -2.37. The average molecular weight is 548 g/mol. The molecule has 1 aromatic heterocycles. The van der Waals surface area contributed by atoms with E-state index in [9.17, 15) is 13.2 Å². The number of carbonyl (C=O) groups is 1. The summed E-state index contributed by atoms with van der Waals surface area (Å²) in [5.74, 6) is 0.405. The summed E-state index contributed by atoms with van der Waals surface area (Å²) < 4.78 is 26.1. The molecule has 204 valence electrons. The van der Waals surface area contributed by atoms with Crippen LogP contribution in [0, 0.1) is 11.3 Å². The first kappa shape index (κ1) is 28.0. The summed E-state index contributed by atoms with van der Waals surface area (Å²) in [5, 5.41) is 14.4. The molecule has 0 spiro atoms. The van der Waals surface area contributed by atoms with Crippen molar-refractivity contribution in [3.8, 4) is 17.3 Å². The molecule has 3 aromatic rings. The highest BCUT2D eigenvalue weighted by Gasteiger charge is 2.32. The molecule has 10 nitrogen and oxygen atoms in total. The molecule has 1 aliphatic rings. The fourth-order valence-corrected chi connectivity index (χ4v) is 6.38. The topological polar surface area (TPSA) is 131 Å². The molecule has 1 saturated heterocycles. The summed E-state index contributed by atoms with van der Waals surface area (Å²) >= 11 is 0. The molecule has 1 unspecified atom stereocenters. The fraction of sp³-hybridized carbons (Fsp3) is 0.357. The highest BCUT2D eigenvalue weighted by molar-refractivity contribution is 7.89. The molecule has 4 rings (SSSR count). The first-order chi connectivity index (χ1) is 18.8. The number of nitriles is 1. The number of rotatable bonds is 11. The van der Waals surface area contributed by atoms with E-state index in [1.165, 1.54) is 0 Å². The van der Waals surface area contributed by atoms with Gasteiger partial charge >= 0.3 is 0 Å². The highest BCUT2D eigenvalue weighted by Crippen LogP contribution is 2.24. The van der Waals surface area contributed by atoms with Crippen molar-refractivity contribution in [3.05, 3.63) is 66.4 Å². The standard InChI is InChI=1S/C28H33N7O3S/c1-3-34(19-14-21(2)35-18-4-20-39(35,37)38)25-11-9-24(10-12-25)32-28-31-16-13-26(33-28)22-5-7-23(8-6-22)27(36)30-17-15-29/h5-13,16,21H,3-4,14,17-20H2,1-2H3,(H,30,36)(H,31,32,33). The Morgan fingerprint density at radius 2 is 1.90 bits per heavy atom. The second kappa shape index (κ2) is 12.7. The molecule has 1 atom stereocenters. The first-order valence-electron chi connectivity index (χ1n) is 13.0. The molecule has 39 heavy (non-hydrogen) atoms. The Labute approximate surface area is 229 Å². The average Bonchev–Trinajstić information content (AvgIpc) is 3.31. The number of hydrogen-bond acceptors (Lipinski definition) is 8. The Hall–Kier alpha value is -4.01. The zero-order chi connectivity index (χ0) is 27.8. The molecule has 0 radical (unpaired) electrons. The summed E-state index contributed by atoms with van der Waals surface area (Å²) in [4.78, 5) is 23.2. The number of nitrogens with one attached hydrogen (secondary N) is 2. The molecule has 1 fully saturated rings. The van der Waals surface area contributed by atoms with Crippen molar-refractivity contribution in [1.29, 1.82) is 5.26 Å². The summed E-state index contributed by atoms with van der Waals surface area (Å²) in [6, 6.07) is 18.7. The van der Waals surface area contributed by atoms with Crippen molar-refractivity contribution in [1.82, 2.24) is 19.6 Å². The van der Waals surface area contributed by atoms with Crippen molar-refractivity contribution < 1.29 is 13.2 Å². The number of nitrogens with zero attached hydrogens (tertiary/aromatic N) is 5. The van der Waals surface area contributed by atoms with E-state index in [0.29, 0.717) is 30.2 Å². The Morgan fingerprint density at radius 3 is 2.54 bits per heavy atom. The van der Waals surface area contributed by atoms with E-state index in [4.69, 9.17) is 5.26 Å². The van der Waals surface area contributed by atoms with E-state index in [0.717, 1.165) is 36.4 Å². The predicted octanol–water partition coefficient (Wildman–Crippen LogP) is 3.78. The van der Waals surface area contributed by atoms with Gasteiger partial charge in [0.25, 0.3) is 5.91 Å². The summed E-state index contributed by atoms with van der Waals surface area (Å²) in [6.45, 7) is 6.24. The quantitative estimate of drug-likeness (QED) is 0.347. The van der Waals surface area contributed by atoms with E-state index in [1.54, 1.807) is 28.7 Å². The molecular formula is C28H33N7O3S. The molecule has 0 saturated carbocycles. The maximum Gasteiger partial charge on any atom is 0.252 e. The van der Waals surface area contributed by atoms with E-state index >= 15 is 0 Å². The molecule has 0 bridgehead atoms. The van der Waals surface area contributed by atoms with Crippen molar-refractivity contribution in [2.45, 2.75) is 32.7 Å². The Morgan fingerprint density at radius 1 is 1.15 bits per heavy atom.